The minimum absolute atomic E-state index is 0.00646. The Bertz CT molecular complexity index is 1050. The number of hydrogen-bond acceptors (Lipinski definition) is 4. The highest BCUT2D eigenvalue weighted by atomic mass is 19.1. The summed E-state index contributed by atoms with van der Waals surface area (Å²) >= 11 is 0. The number of nitrogens with one attached hydrogen (secondary N) is 1. The summed E-state index contributed by atoms with van der Waals surface area (Å²) in [6, 6.07) is 2.60. The summed E-state index contributed by atoms with van der Waals surface area (Å²) in [4.78, 5) is 16.1. The fourth-order valence-corrected chi connectivity index (χ4v) is 6.08. The molecule has 9 heteroatoms. The van der Waals surface area contributed by atoms with Crippen molar-refractivity contribution in [1.29, 1.82) is 0 Å². The molecule has 1 aromatic heterocycles. The highest BCUT2D eigenvalue weighted by molar-refractivity contribution is 5.66. The maximum absolute atomic E-state index is 14.7. The predicted octanol–water partition coefficient (Wildman–Crippen LogP) is 3.94. The van der Waals surface area contributed by atoms with Crippen molar-refractivity contribution in [3.63, 3.8) is 0 Å². The van der Waals surface area contributed by atoms with Gasteiger partial charge in [0.1, 0.15) is 17.7 Å². The maximum atomic E-state index is 14.7. The average Bonchev–Trinajstić information content (AvgIpc) is 3.41. The zero-order chi connectivity index (χ0) is 23.5. The first kappa shape index (κ1) is 22.3. The summed E-state index contributed by atoms with van der Waals surface area (Å²) in [6.45, 7) is 7.53. The van der Waals surface area contributed by atoms with Gasteiger partial charge in [-0.1, -0.05) is 0 Å². The first-order chi connectivity index (χ1) is 15.6. The SMILES string of the molecule is CC(C)(C)N(C(=O)O)[C@H]1C[C@@H](N2CC3Cc4[nH]ncc4C3C2)CO[C@@H]1c1cc(F)ccc1F. The molecule has 33 heavy (non-hydrogen) atoms. The first-order valence-corrected chi connectivity index (χ1v) is 11.5. The number of rotatable bonds is 3. The van der Waals surface area contributed by atoms with E-state index in [2.05, 4.69) is 15.1 Å². The van der Waals surface area contributed by atoms with Gasteiger partial charge in [-0.15, -0.1) is 0 Å². The smallest absolute Gasteiger partial charge is 0.408 e. The van der Waals surface area contributed by atoms with E-state index in [4.69, 9.17) is 4.74 Å². The lowest BCUT2D eigenvalue weighted by Gasteiger charge is -2.48. The molecule has 7 nitrogen and oxygen atoms in total. The number of carboxylic acid groups (broad SMARTS) is 1. The molecule has 178 valence electrons. The zero-order valence-electron chi connectivity index (χ0n) is 19.1. The minimum atomic E-state index is -1.10. The number of aromatic amines is 1. The van der Waals surface area contributed by atoms with Crippen LogP contribution in [0.5, 0.6) is 0 Å². The van der Waals surface area contributed by atoms with Crippen molar-refractivity contribution >= 4 is 6.09 Å². The fourth-order valence-electron chi connectivity index (χ4n) is 6.08. The van der Waals surface area contributed by atoms with Gasteiger partial charge in [0.05, 0.1) is 18.8 Å². The molecule has 2 N–H and O–H groups in total. The van der Waals surface area contributed by atoms with Crippen LogP contribution in [-0.2, 0) is 11.2 Å². The van der Waals surface area contributed by atoms with Gasteiger partial charge in [-0.3, -0.25) is 14.9 Å². The van der Waals surface area contributed by atoms with Crippen molar-refractivity contribution in [2.45, 2.75) is 63.3 Å². The molecule has 0 saturated carbocycles. The Kier molecular flexibility index (Phi) is 5.44. The van der Waals surface area contributed by atoms with Gasteiger partial charge in [-0.2, -0.15) is 5.10 Å². The van der Waals surface area contributed by atoms with Gasteiger partial charge in [0.2, 0.25) is 0 Å². The summed E-state index contributed by atoms with van der Waals surface area (Å²) in [5.41, 5.74) is 1.82. The van der Waals surface area contributed by atoms with Crippen LogP contribution in [0.2, 0.25) is 0 Å². The number of carbonyl (C=O) groups is 1. The van der Waals surface area contributed by atoms with Crippen molar-refractivity contribution in [3.05, 3.63) is 52.9 Å². The average molecular weight is 461 g/mol. The Labute approximate surface area is 191 Å². The van der Waals surface area contributed by atoms with Crippen LogP contribution in [0, 0.1) is 17.6 Å². The summed E-state index contributed by atoms with van der Waals surface area (Å²) in [5, 5.41) is 17.4. The summed E-state index contributed by atoms with van der Waals surface area (Å²) in [6.07, 6.45) is 1.39. The van der Waals surface area contributed by atoms with E-state index in [0.717, 1.165) is 37.7 Å². The number of fused-ring (bicyclic) bond motifs is 3. The van der Waals surface area contributed by atoms with Crippen LogP contribution in [0.3, 0.4) is 0 Å². The lowest BCUT2D eigenvalue weighted by molar-refractivity contribution is -0.0991. The molecule has 5 rings (SSSR count). The Morgan fingerprint density at radius 2 is 2.06 bits per heavy atom. The van der Waals surface area contributed by atoms with Crippen LogP contribution in [0.25, 0.3) is 0 Å². The van der Waals surface area contributed by atoms with E-state index in [1.54, 1.807) is 0 Å². The van der Waals surface area contributed by atoms with E-state index in [9.17, 15) is 18.7 Å². The third kappa shape index (κ3) is 3.91. The Morgan fingerprint density at radius 1 is 1.27 bits per heavy atom. The van der Waals surface area contributed by atoms with Crippen molar-refractivity contribution in [2.24, 2.45) is 5.92 Å². The van der Waals surface area contributed by atoms with Gasteiger partial charge in [-0.05, 0) is 63.3 Å². The number of aromatic nitrogens is 2. The second kappa shape index (κ2) is 8.06. The van der Waals surface area contributed by atoms with Gasteiger partial charge in [0, 0.05) is 41.8 Å². The first-order valence-electron chi connectivity index (χ1n) is 11.5. The Hall–Kier alpha value is -2.52. The zero-order valence-corrected chi connectivity index (χ0v) is 19.1. The second-order valence-corrected chi connectivity index (χ2v) is 10.5. The van der Waals surface area contributed by atoms with E-state index in [1.807, 2.05) is 27.0 Å². The van der Waals surface area contributed by atoms with Gasteiger partial charge in [0.15, 0.2) is 0 Å². The molecule has 1 aliphatic carbocycles. The third-order valence-electron chi connectivity index (χ3n) is 7.46. The van der Waals surface area contributed by atoms with Crippen LogP contribution >= 0.6 is 0 Å². The van der Waals surface area contributed by atoms with Crippen LogP contribution < -0.4 is 0 Å². The van der Waals surface area contributed by atoms with Crippen molar-refractivity contribution in [3.8, 4) is 0 Å². The van der Waals surface area contributed by atoms with E-state index in [1.165, 1.54) is 16.2 Å². The van der Waals surface area contributed by atoms with Gasteiger partial charge < -0.3 is 9.84 Å². The number of H-pyrrole nitrogens is 1. The standard InChI is InChI=1S/C24H30F2N4O3/c1-24(2,3)30(23(31)32)21-8-15(12-33-22(21)16-7-14(25)4-5-19(16)26)29-10-13-6-20-17(9-27-28-20)18(13)11-29/h4-5,7,9,13,15,18,21-22H,6,8,10-12H2,1-3H3,(H,27,28)(H,31,32)/t13?,15-,18?,21+,22-/m1/s1. The molecule has 2 aliphatic heterocycles. The van der Waals surface area contributed by atoms with Gasteiger partial charge in [0.25, 0.3) is 0 Å². The fraction of sp³-hybridized carbons (Fsp3) is 0.583. The molecule has 1 amide bonds. The third-order valence-corrected chi connectivity index (χ3v) is 7.46. The molecule has 0 radical (unpaired) electrons. The van der Waals surface area contributed by atoms with Crippen LogP contribution in [-0.4, -0.2) is 68.5 Å². The maximum Gasteiger partial charge on any atom is 0.408 e. The number of ether oxygens (including phenoxy) is 1. The number of likely N-dealkylation sites (tertiary alicyclic amines) is 1. The molecule has 5 atom stereocenters. The monoisotopic (exact) mass is 460 g/mol. The number of nitrogens with zero attached hydrogens (tertiary/aromatic N) is 3. The summed E-state index contributed by atoms with van der Waals surface area (Å²) < 4.78 is 34.9. The summed E-state index contributed by atoms with van der Waals surface area (Å²) in [5.74, 6) is -0.248. The van der Waals surface area contributed by atoms with E-state index in [0.29, 0.717) is 24.9 Å². The molecular weight excluding hydrogens is 430 g/mol. The minimum Gasteiger partial charge on any atom is -0.465 e. The molecule has 2 saturated heterocycles. The number of amides is 1. The second-order valence-electron chi connectivity index (χ2n) is 10.5. The van der Waals surface area contributed by atoms with Crippen LogP contribution in [0.4, 0.5) is 13.6 Å². The van der Waals surface area contributed by atoms with Gasteiger partial charge >= 0.3 is 6.09 Å². The molecular formula is C24H30F2N4O3. The number of hydrogen-bond donors (Lipinski definition) is 2. The lowest BCUT2D eigenvalue weighted by atomic mass is 9.88. The highest BCUT2D eigenvalue weighted by Gasteiger charge is 2.48. The largest absolute Gasteiger partial charge is 0.465 e. The number of halogens is 2. The number of benzene rings is 1. The van der Waals surface area contributed by atoms with Crippen molar-refractivity contribution < 1.29 is 23.4 Å². The van der Waals surface area contributed by atoms with Crippen molar-refractivity contribution in [2.75, 3.05) is 19.7 Å². The van der Waals surface area contributed by atoms with E-state index >= 15 is 0 Å². The van der Waals surface area contributed by atoms with Crippen LogP contribution in [0.1, 0.15) is 56.0 Å². The van der Waals surface area contributed by atoms with Gasteiger partial charge in [-0.25, -0.2) is 13.6 Å². The normalized spacial score (nSPS) is 29.7. The molecule has 3 aliphatic rings. The molecule has 0 spiro atoms. The quantitative estimate of drug-likeness (QED) is 0.725. The van der Waals surface area contributed by atoms with Crippen molar-refractivity contribution in [1.82, 2.24) is 20.0 Å². The van der Waals surface area contributed by atoms with E-state index in [-0.39, 0.29) is 11.6 Å². The summed E-state index contributed by atoms with van der Waals surface area (Å²) in [7, 11) is 0. The molecule has 2 unspecified atom stereocenters. The molecule has 3 heterocycles. The predicted molar refractivity (Wildman–Crippen MR) is 117 cm³/mol. The Morgan fingerprint density at radius 3 is 2.79 bits per heavy atom. The topological polar surface area (TPSA) is 81.7 Å². The molecule has 2 aromatic rings. The van der Waals surface area contributed by atoms with E-state index < -0.39 is 35.4 Å². The lowest BCUT2D eigenvalue weighted by Crippen LogP contribution is -2.58. The molecule has 2 fully saturated rings. The highest BCUT2D eigenvalue weighted by Crippen LogP contribution is 2.45. The Balaban J connectivity index is 1.43. The molecule has 0 bridgehead atoms. The molecule has 1 aromatic carbocycles. The van der Waals surface area contributed by atoms with Crippen LogP contribution in [0.15, 0.2) is 24.4 Å².